The van der Waals surface area contributed by atoms with Gasteiger partial charge in [-0.25, -0.2) is 8.42 Å². The van der Waals surface area contributed by atoms with Crippen LogP contribution in [0.4, 0.5) is 0 Å². The normalized spacial score (nSPS) is 29.0. The van der Waals surface area contributed by atoms with E-state index in [4.69, 9.17) is 5.73 Å². The van der Waals surface area contributed by atoms with E-state index < -0.39 is 10.0 Å². The molecule has 0 bridgehead atoms. The van der Waals surface area contributed by atoms with Crippen LogP contribution in [0.25, 0.3) is 0 Å². The number of fused-ring (bicyclic) bond motifs is 4. The largest absolute Gasteiger partial charge is 0.504 e. The Labute approximate surface area is 160 Å². The number of phenolic OH excluding ortho intramolecular Hbond substituents is 2. The van der Waals surface area contributed by atoms with Crippen molar-refractivity contribution in [3.05, 3.63) is 23.3 Å². The van der Waals surface area contributed by atoms with E-state index >= 15 is 0 Å². The first-order valence-corrected chi connectivity index (χ1v) is 11.5. The fourth-order valence-electron chi connectivity index (χ4n) is 5.16. The van der Waals surface area contributed by atoms with Crippen molar-refractivity contribution in [2.45, 2.75) is 44.2 Å². The first-order chi connectivity index (χ1) is 12.9. The van der Waals surface area contributed by atoms with Crippen LogP contribution in [-0.2, 0) is 16.4 Å². The Bertz CT molecular complexity index is 813. The van der Waals surface area contributed by atoms with Crippen molar-refractivity contribution in [2.24, 2.45) is 11.7 Å². The molecule has 2 fully saturated rings. The molecule has 27 heavy (non-hydrogen) atoms. The first kappa shape index (κ1) is 19.0. The number of phenols is 2. The molecular weight excluding hydrogens is 366 g/mol. The molecule has 0 unspecified atom stereocenters. The minimum Gasteiger partial charge on any atom is -0.504 e. The zero-order valence-electron chi connectivity index (χ0n) is 15.5. The van der Waals surface area contributed by atoms with Gasteiger partial charge in [-0.2, -0.15) is 4.31 Å². The lowest BCUT2D eigenvalue weighted by atomic mass is 9.77. The van der Waals surface area contributed by atoms with Crippen molar-refractivity contribution in [3.8, 4) is 11.5 Å². The van der Waals surface area contributed by atoms with E-state index in [0.717, 1.165) is 49.9 Å². The van der Waals surface area contributed by atoms with Gasteiger partial charge in [0.2, 0.25) is 10.0 Å². The quantitative estimate of drug-likeness (QED) is 0.661. The summed E-state index contributed by atoms with van der Waals surface area (Å²) in [4.78, 5) is 2.43. The maximum absolute atomic E-state index is 12.9. The molecule has 150 valence electrons. The lowest BCUT2D eigenvalue weighted by molar-refractivity contribution is 0.0218. The third-order valence-corrected chi connectivity index (χ3v) is 8.44. The van der Waals surface area contributed by atoms with Crippen LogP contribution in [0.1, 0.15) is 42.9 Å². The van der Waals surface area contributed by atoms with Crippen LogP contribution in [0.15, 0.2) is 12.1 Å². The molecule has 3 aliphatic rings. The summed E-state index contributed by atoms with van der Waals surface area (Å²) < 4.78 is 27.5. The van der Waals surface area contributed by atoms with Gasteiger partial charge in [0.25, 0.3) is 0 Å². The van der Waals surface area contributed by atoms with E-state index in [2.05, 4.69) is 4.90 Å². The summed E-state index contributed by atoms with van der Waals surface area (Å²) in [6, 6.07) is 3.42. The van der Waals surface area contributed by atoms with Crippen molar-refractivity contribution in [3.63, 3.8) is 0 Å². The second-order valence-corrected chi connectivity index (χ2v) is 10.1. The van der Waals surface area contributed by atoms with Gasteiger partial charge in [-0.15, -0.1) is 0 Å². The van der Waals surface area contributed by atoms with E-state index in [1.165, 1.54) is 0 Å². The highest BCUT2D eigenvalue weighted by molar-refractivity contribution is 7.89. The van der Waals surface area contributed by atoms with Crippen molar-refractivity contribution in [1.29, 1.82) is 0 Å². The van der Waals surface area contributed by atoms with E-state index in [9.17, 15) is 18.6 Å². The van der Waals surface area contributed by atoms with E-state index in [1.807, 2.05) is 0 Å². The molecule has 0 saturated carbocycles. The second-order valence-electron chi connectivity index (χ2n) is 8.07. The number of benzene rings is 1. The molecule has 0 spiro atoms. The first-order valence-electron chi connectivity index (χ1n) is 9.89. The molecule has 8 heteroatoms. The molecule has 7 nitrogen and oxygen atoms in total. The van der Waals surface area contributed by atoms with Crippen LogP contribution >= 0.6 is 0 Å². The molecule has 4 rings (SSSR count). The van der Waals surface area contributed by atoms with Gasteiger partial charge in [-0.1, -0.05) is 0 Å². The van der Waals surface area contributed by atoms with Crippen LogP contribution in [0.3, 0.4) is 0 Å². The average molecular weight is 396 g/mol. The number of hydrogen-bond acceptors (Lipinski definition) is 6. The SMILES string of the molecule is NCCCS(=O)(=O)N1CCC[C@H]2CN3CCc4cc(O)c(O)cc4[C@@H]3C[C@H]21. The van der Waals surface area contributed by atoms with Crippen LogP contribution < -0.4 is 5.73 Å². The number of hydrogen-bond donors (Lipinski definition) is 3. The predicted molar refractivity (Wildman–Crippen MR) is 103 cm³/mol. The topological polar surface area (TPSA) is 107 Å². The number of rotatable bonds is 4. The highest BCUT2D eigenvalue weighted by Gasteiger charge is 2.45. The number of sulfonamides is 1. The zero-order valence-corrected chi connectivity index (χ0v) is 16.4. The maximum Gasteiger partial charge on any atom is 0.214 e. The Morgan fingerprint density at radius 1 is 1.19 bits per heavy atom. The maximum atomic E-state index is 12.9. The minimum absolute atomic E-state index is 0.00432. The van der Waals surface area contributed by atoms with Gasteiger partial charge in [0.1, 0.15) is 0 Å². The Kier molecular flexibility index (Phi) is 5.09. The highest BCUT2D eigenvalue weighted by Crippen LogP contribution is 2.45. The van der Waals surface area contributed by atoms with Crippen molar-refractivity contribution in [2.75, 3.05) is 31.9 Å². The van der Waals surface area contributed by atoms with Gasteiger partial charge in [-0.05, 0) is 67.8 Å². The highest BCUT2D eigenvalue weighted by atomic mass is 32.2. The molecule has 1 aromatic carbocycles. The standard InChI is InChI=1S/C19H29N3O4S/c20-5-2-8-27(25,26)22-6-1-3-14-12-21-7-4-13-9-18(23)19(24)10-15(13)17(21)11-16(14)22/h9-10,14,16-17,23-24H,1-8,11-12,20H2/t14-,16+,17-/m0/s1. The van der Waals surface area contributed by atoms with Crippen molar-refractivity contribution < 1.29 is 18.6 Å². The number of nitrogens with zero attached hydrogens (tertiary/aromatic N) is 2. The Morgan fingerprint density at radius 2 is 1.96 bits per heavy atom. The average Bonchev–Trinajstić information content (AvgIpc) is 2.65. The number of piperidine rings is 2. The van der Waals surface area contributed by atoms with E-state index in [0.29, 0.717) is 25.4 Å². The fourth-order valence-corrected chi connectivity index (χ4v) is 7.00. The van der Waals surface area contributed by atoms with Gasteiger partial charge < -0.3 is 15.9 Å². The summed E-state index contributed by atoms with van der Waals surface area (Å²) in [6.45, 7) is 2.77. The predicted octanol–water partition coefficient (Wildman–Crippen LogP) is 1.16. The lowest BCUT2D eigenvalue weighted by Gasteiger charge is -2.51. The summed E-state index contributed by atoms with van der Waals surface area (Å²) in [7, 11) is -3.30. The number of nitrogens with two attached hydrogens (primary N) is 1. The Balaban J connectivity index is 1.63. The summed E-state index contributed by atoms with van der Waals surface area (Å²) >= 11 is 0. The van der Waals surface area contributed by atoms with E-state index in [1.54, 1.807) is 16.4 Å². The summed E-state index contributed by atoms with van der Waals surface area (Å²) in [5.41, 5.74) is 7.61. The monoisotopic (exact) mass is 395 g/mol. The molecule has 2 saturated heterocycles. The molecule has 3 heterocycles. The summed E-state index contributed by atoms with van der Waals surface area (Å²) in [6.07, 6.45) is 4.04. The molecular formula is C19H29N3O4S. The fraction of sp³-hybridized carbons (Fsp3) is 0.684. The third kappa shape index (κ3) is 3.44. The van der Waals surface area contributed by atoms with Crippen LogP contribution in [-0.4, -0.2) is 65.8 Å². The minimum atomic E-state index is -3.30. The summed E-state index contributed by atoms with van der Waals surface area (Å²) in [5, 5.41) is 19.8. The molecule has 0 aromatic heterocycles. The molecule has 0 amide bonds. The van der Waals surface area contributed by atoms with Crippen molar-refractivity contribution >= 4 is 10.0 Å². The van der Waals surface area contributed by atoms with Crippen LogP contribution in [0, 0.1) is 5.92 Å². The van der Waals surface area contributed by atoms with Gasteiger partial charge in [0.05, 0.1) is 5.75 Å². The summed E-state index contributed by atoms with van der Waals surface area (Å²) in [5.74, 6) is 0.287. The van der Waals surface area contributed by atoms with Gasteiger partial charge in [0, 0.05) is 31.7 Å². The Hall–Kier alpha value is -1.35. The van der Waals surface area contributed by atoms with Crippen LogP contribution in [0.5, 0.6) is 11.5 Å². The molecule has 0 aliphatic carbocycles. The lowest BCUT2D eigenvalue weighted by Crippen LogP contribution is -2.57. The smallest absolute Gasteiger partial charge is 0.214 e. The van der Waals surface area contributed by atoms with Crippen molar-refractivity contribution in [1.82, 2.24) is 9.21 Å². The molecule has 0 radical (unpaired) electrons. The third-order valence-electron chi connectivity index (χ3n) is 6.47. The molecule has 3 aliphatic heterocycles. The Morgan fingerprint density at radius 3 is 2.74 bits per heavy atom. The molecule has 4 N–H and O–H groups in total. The van der Waals surface area contributed by atoms with Crippen LogP contribution in [0.2, 0.25) is 0 Å². The van der Waals surface area contributed by atoms with Gasteiger partial charge in [0.15, 0.2) is 11.5 Å². The zero-order chi connectivity index (χ0) is 19.2. The van der Waals surface area contributed by atoms with Gasteiger partial charge in [-0.3, -0.25) is 4.90 Å². The van der Waals surface area contributed by atoms with E-state index in [-0.39, 0.29) is 29.3 Å². The molecule has 1 aromatic rings. The number of aromatic hydroxyl groups is 2. The molecule has 3 atom stereocenters. The second kappa shape index (κ2) is 7.24. The van der Waals surface area contributed by atoms with Gasteiger partial charge >= 0.3 is 0 Å².